The number of hydrogen-bond acceptors (Lipinski definition) is 3. The molecule has 1 aliphatic carbocycles. The number of carbonyl (C=O) groups is 1. The largest absolute Gasteiger partial charge is 0.507 e. The van der Waals surface area contributed by atoms with Gasteiger partial charge in [0.2, 0.25) is 0 Å². The van der Waals surface area contributed by atoms with Gasteiger partial charge in [-0.15, -0.1) is 0 Å². The van der Waals surface area contributed by atoms with E-state index in [9.17, 15) is 4.79 Å². The maximum absolute atomic E-state index is 10.4. The van der Waals surface area contributed by atoms with Crippen LogP contribution in [0.3, 0.4) is 0 Å². The second kappa shape index (κ2) is 3.77. The number of ether oxygens (including phenoxy) is 1. The van der Waals surface area contributed by atoms with Crippen LogP contribution in [0.25, 0.3) is 0 Å². The van der Waals surface area contributed by atoms with Gasteiger partial charge in [0.05, 0.1) is 0 Å². The molecule has 0 amide bonds. The quantitative estimate of drug-likeness (QED) is 0.635. The third-order valence-electron chi connectivity index (χ3n) is 3.41. The van der Waals surface area contributed by atoms with Crippen molar-refractivity contribution in [3.63, 3.8) is 0 Å². The number of hydrogen-bond donors (Lipinski definition) is 2. The standard InChI is InChI=1S/C10H17NO3/c12-9(13)14-8-4-7-10(11-8)5-2-1-3-6-10/h8,11H,1-7H2,(H,12,13). The fourth-order valence-electron chi connectivity index (χ4n) is 2.73. The maximum Gasteiger partial charge on any atom is 0.507 e. The van der Waals surface area contributed by atoms with E-state index in [1.54, 1.807) is 0 Å². The van der Waals surface area contributed by atoms with E-state index in [-0.39, 0.29) is 11.8 Å². The second-order valence-corrected chi connectivity index (χ2v) is 4.40. The minimum atomic E-state index is -1.17. The first-order valence-corrected chi connectivity index (χ1v) is 5.38. The van der Waals surface area contributed by atoms with E-state index >= 15 is 0 Å². The topological polar surface area (TPSA) is 58.6 Å². The van der Waals surface area contributed by atoms with Crippen LogP contribution >= 0.6 is 0 Å². The van der Waals surface area contributed by atoms with Gasteiger partial charge in [-0.25, -0.2) is 4.79 Å². The van der Waals surface area contributed by atoms with E-state index in [0.29, 0.717) is 0 Å². The van der Waals surface area contributed by atoms with Crippen molar-refractivity contribution < 1.29 is 14.6 Å². The molecule has 0 radical (unpaired) electrons. The monoisotopic (exact) mass is 199 g/mol. The number of rotatable bonds is 1. The van der Waals surface area contributed by atoms with E-state index in [4.69, 9.17) is 9.84 Å². The molecule has 4 heteroatoms. The molecule has 80 valence electrons. The Bertz CT molecular complexity index is 223. The van der Waals surface area contributed by atoms with Gasteiger partial charge >= 0.3 is 6.16 Å². The smallest absolute Gasteiger partial charge is 0.450 e. The molecule has 1 spiro atoms. The van der Waals surface area contributed by atoms with Gasteiger partial charge in [-0.3, -0.25) is 5.32 Å². The molecule has 0 aromatic carbocycles. The van der Waals surface area contributed by atoms with Gasteiger partial charge < -0.3 is 9.84 Å². The average Bonchev–Trinajstić information content (AvgIpc) is 2.49. The Morgan fingerprint density at radius 1 is 1.29 bits per heavy atom. The summed E-state index contributed by atoms with van der Waals surface area (Å²) in [6, 6.07) is 0. The van der Waals surface area contributed by atoms with Crippen LogP contribution in [0.1, 0.15) is 44.9 Å². The summed E-state index contributed by atoms with van der Waals surface area (Å²) in [6.07, 6.45) is 6.62. The third kappa shape index (κ3) is 2.00. The van der Waals surface area contributed by atoms with Crippen molar-refractivity contribution in [1.29, 1.82) is 0 Å². The van der Waals surface area contributed by atoms with Crippen LogP contribution < -0.4 is 5.32 Å². The van der Waals surface area contributed by atoms with Crippen molar-refractivity contribution in [3.05, 3.63) is 0 Å². The summed E-state index contributed by atoms with van der Waals surface area (Å²) < 4.78 is 4.74. The van der Waals surface area contributed by atoms with Crippen LogP contribution in [-0.2, 0) is 4.74 Å². The van der Waals surface area contributed by atoms with E-state index in [1.807, 2.05) is 0 Å². The zero-order chi connectivity index (χ0) is 10.0. The summed E-state index contributed by atoms with van der Waals surface area (Å²) in [5.74, 6) is 0. The van der Waals surface area contributed by atoms with Gasteiger partial charge in [-0.05, 0) is 19.3 Å². The van der Waals surface area contributed by atoms with E-state index in [2.05, 4.69) is 5.32 Å². The lowest BCUT2D eigenvalue weighted by atomic mass is 9.81. The SMILES string of the molecule is O=C(O)OC1CCC2(CCCCC2)N1. The summed E-state index contributed by atoms with van der Waals surface area (Å²) in [6.45, 7) is 0. The predicted octanol–water partition coefficient (Wildman–Crippen LogP) is 2.09. The molecule has 2 rings (SSSR count). The van der Waals surface area contributed by atoms with Crippen molar-refractivity contribution in [2.45, 2.75) is 56.7 Å². The molecule has 0 bridgehead atoms. The minimum Gasteiger partial charge on any atom is -0.450 e. The first-order valence-electron chi connectivity index (χ1n) is 5.38. The minimum absolute atomic E-state index is 0.193. The zero-order valence-electron chi connectivity index (χ0n) is 8.29. The molecular formula is C10H17NO3. The fraction of sp³-hybridized carbons (Fsp3) is 0.900. The van der Waals surface area contributed by atoms with Crippen LogP contribution in [0.15, 0.2) is 0 Å². The highest BCUT2D eigenvalue weighted by Gasteiger charge is 2.40. The molecule has 1 unspecified atom stereocenters. The van der Waals surface area contributed by atoms with Crippen LogP contribution in [0.2, 0.25) is 0 Å². The first kappa shape index (κ1) is 9.77. The zero-order valence-corrected chi connectivity index (χ0v) is 8.29. The van der Waals surface area contributed by atoms with E-state index in [1.165, 1.54) is 32.1 Å². The maximum atomic E-state index is 10.4. The second-order valence-electron chi connectivity index (χ2n) is 4.40. The van der Waals surface area contributed by atoms with Crippen molar-refractivity contribution in [2.24, 2.45) is 0 Å². The van der Waals surface area contributed by atoms with Crippen LogP contribution in [-0.4, -0.2) is 23.0 Å². The lowest BCUT2D eigenvalue weighted by molar-refractivity contribution is 0.0373. The summed E-state index contributed by atoms with van der Waals surface area (Å²) in [5, 5.41) is 11.8. The van der Waals surface area contributed by atoms with Gasteiger partial charge in [0.25, 0.3) is 0 Å². The molecule has 1 atom stereocenters. The highest BCUT2D eigenvalue weighted by molar-refractivity contribution is 5.57. The summed E-state index contributed by atoms with van der Waals surface area (Å²) in [4.78, 5) is 10.4. The highest BCUT2D eigenvalue weighted by atomic mass is 16.7. The Hall–Kier alpha value is -0.770. The van der Waals surface area contributed by atoms with Crippen LogP contribution in [0.4, 0.5) is 4.79 Å². The van der Waals surface area contributed by atoms with E-state index < -0.39 is 6.16 Å². The first-order chi connectivity index (χ1) is 6.70. The molecule has 2 aliphatic rings. The number of carboxylic acid groups (broad SMARTS) is 1. The Morgan fingerprint density at radius 2 is 2.00 bits per heavy atom. The third-order valence-corrected chi connectivity index (χ3v) is 3.41. The van der Waals surface area contributed by atoms with Gasteiger partial charge in [-0.1, -0.05) is 19.3 Å². The van der Waals surface area contributed by atoms with Crippen molar-refractivity contribution in [3.8, 4) is 0 Å². The molecule has 1 saturated heterocycles. The van der Waals surface area contributed by atoms with Crippen LogP contribution in [0, 0.1) is 0 Å². The Morgan fingerprint density at radius 3 is 2.64 bits per heavy atom. The lowest BCUT2D eigenvalue weighted by Gasteiger charge is -2.34. The summed E-state index contributed by atoms with van der Waals surface area (Å²) in [7, 11) is 0. The fourth-order valence-corrected chi connectivity index (χ4v) is 2.73. The van der Waals surface area contributed by atoms with Crippen LogP contribution in [0.5, 0.6) is 0 Å². The van der Waals surface area contributed by atoms with Crippen molar-refractivity contribution in [2.75, 3.05) is 0 Å². The Kier molecular flexibility index (Phi) is 2.63. The summed E-state index contributed by atoms with van der Waals surface area (Å²) in [5.41, 5.74) is 0.193. The molecule has 1 heterocycles. The molecule has 0 aromatic heterocycles. The molecule has 2 N–H and O–H groups in total. The molecule has 0 aromatic rings. The van der Waals surface area contributed by atoms with Gasteiger partial charge in [0.15, 0.2) is 6.23 Å². The van der Waals surface area contributed by atoms with E-state index in [0.717, 1.165) is 12.8 Å². The Balaban J connectivity index is 1.89. The average molecular weight is 199 g/mol. The Labute approximate surface area is 83.6 Å². The highest BCUT2D eigenvalue weighted by Crippen LogP contribution is 2.37. The van der Waals surface area contributed by atoms with Crippen molar-refractivity contribution >= 4 is 6.16 Å². The lowest BCUT2D eigenvalue weighted by Crippen LogP contribution is -2.45. The number of nitrogens with one attached hydrogen (secondary N) is 1. The molecule has 1 aliphatic heterocycles. The molecular weight excluding hydrogens is 182 g/mol. The molecule has 14 heavy (non-hydrogen) atoms. The van der Waals surface area contributed by atoms with Gasteiger partial charge in [0.1, 0.15) is 0 Å². The predicted molar refractivity (Wildman–Crippen MR) is 51.1 cm³/mol. The van der Waals surface area contributed by atoms with Gasteiger partial charge in [0, 0.05) is 12.0 Å². The van der Waals surface area contributed by atoms with Gasteiger partial charge in [-0.2, -0.15) is 0 Å². The molecule has 1 saturated carbocycles. The molecule has 4 nitrogen and oxygen atoms in total. The molecule has 2 fully saturated rings. The van der Waals surface area contributed by atoms with Crippen molar-refractivity contribution in [1.82, 2.24) is 5.32 Å². The normalized spacial score (nSPS) is 30.4. The summed E-state index contributed by atoms with van der Waals surface area (Å²) >= 11 is 0.